The van der Waals surface area contributed by atoms with Gasteiger partial charge in [0.25, 0.3) is 0 Å². The zero-order valence-corrected chi connectivity index (χ0v) is 22.5. The number of aliphatic hydroxyl groups is 2. The molecule has 34 heavy (non-hydrogen) atoms. The van der Waals surface area contributed by atoms with E-state index in [0.29, 0.717) is 5.56 Å². The van der Waals surface area contributed by atoms with E-state index in [1.54, 1.807) is 24.3 Å². The highest BCUT2D eigenvalue weighted by atomic mass is 32.0. The van der Waals surface area contributed by atoms with Crippen LogP contribution in [0, 0.1) is 17.8 Å². The van der Waals surface area contributed by atoms with Crippen molar-refractivity contribution in [3.8, 4) is 0 Å². The van der Waals surface area contributed by atoms with Gasteiger partial charge in [0.15, 0.2) is 12.4 Å². The van der Waals surface area contributed by atoms with Crippen LogP contribution in [0.2, 0.25) is 0 Å². The van der Waals surface area contributed by atoms with Crippen molar-refractivity contribution in [2.24, 2.45) is 17.8 Å². The minimum atomic E-state index is -0.883. The third-order valence-electron chi connectivity index (χ3n) is 6.89. The van der Waals surface area contributed by atoms with Gasteiger partial charge in [0.05, 0.1) is 24.4 Å². The summed E-state index contributed by atoms with van der Waals surface area (Å²) in [4.78, 5) is 13.0. The van der Waals surface area contributed by atoms with Crippen molar-refractivity contribution in [3.63, 3.8) is 0 Å². The summed E-state index contributed by atoms with van der Waals surface area (Å²) < 4.78 is 30.7. The summed E-state index contributed by atoms with van der Waals surface area (Å²) in [6.45, 7) is 9.57. The van der Waals surface area contributed by atoms with E-state index in [1.165, 1.54) is 0 Å². The van der Waals surface area contributed by atoms with E-state index in [4.69, 9.17) is 23.5 Å². The second-order valence-electron chi connectivity index (χ2n) is 9.28. The van der Waals surface area contributed by atoms with Gasteiger partial charge in [-0.2, -0.15) is 0 Å². The van der Waals surface area contributed by atoms with Crippen LogP contribution in [0.5, 0.6) is 0 Å². The lowest BCUT2D eigenvalue weighted by molar-refractivity contribution is -0.291. The van der Waals surface area contributed by atoms with E-state index in [2.05, 4.69) is 22.8 Å². The van der Waals surface area contributed by atoms with Gasteiger partial charge < -0.3 is 33.7 Å². The average Bonchev–Trinajstić information content (AvgIpc) is 3.15. The molecule has 5 unspecified atom stereocenters. The van der Waals surface area contributed by atoms with Gasteiger partial charge in [0.1, 0.15) is 12.2 Å². The number of rotatable bonds is 9. The molecule has 0 spiro atoms. The summed E-state index contributed by atoms with van der Waals surface area (Å²) in [6, 6.07) is 8.77. The minimum Gasteiger partial charge on any atom is -0.450 e. The van der Waals surface area contributed by atoms with Gasteiger partial charge in [-0.3, -0.25) is 0 Å². The molecular formula is C24H38O8P2. The van der Waals surface area contributed by atoms with Crippen LogP contribution >= 0.6 is 16.8 Å². The van der Waals surface area contributed by atoms with Gasteiger partial charge in [-0.25, -0.2) is 4.79 Å². The Bertz CT molecular complexity index is 779. The van der Waals surface area contributed by atoms with E-state index in [-0.39, 0.29) is 24.4 Å². The highest BCUT2D eigenvalue weighted by molar-refractivity contribution is 8.10. The number of ether oxygens (including phenoxy) is 4. The lowest BCUT2D eigenvalue weighted by Gasteiger charge is -2.43. The summed E-state index contributed by atoms with van der Waals surface area (Å²) in [6.07, 6.45) is -4.10. The molecule has 2 heterocycles. The molecule has 0 saturated carbocycles. The summed E-state index contributed by atoms with van der Waals surface area (Å²) in [5.41, 5.74) is 0.427. The van der Waals surface area contributed by atoms with Crippen LogP contribution in [0.15, 0.2) is 30.3 Å². The maximum atomic E-state index is 13.0. The van der Waals surface area contributed by atoms with Crippen molar-refractivity contribution in [1.82, 2.24) is 0 Å². The van der Waals surface area contributed by atoms with Gasteiger partial charge in [-0.15, -0.1) is 0 Å². The Morgan fingerprint density at radius 1 is 1.15 bits per heavy atom. The fourth-order valence-corrected chi connectivity index (χ4v) is 5.23. The first-order valence-corrected chi connectivity index (χ1v) is 15.2. The predicted octanol–water partition coefficient (Wildman–Crippen LogP) is 3.55. The number of aliphatic hydroxyl groups excluding tert-OH is 2. The first-order chi connectivity index (χ1) is 16.2. The Labute approximate surface area is 205 Å². The average molecular weight is 517 g/mol. The number of esters is 1. The number of hydrogen-bond acceptors (Lipinski definition) is 8. The fourth-order valence-electron chi connectivity index (χ4n) is 4.37. The molecule has 0 amide bonds. The van der Waals surface area contributed by atoms with Gasteiger partial charge in [-0.1, -0.05) is 61.2 Å². The second kappa shape index (κ2) is 12.5. The van der Waals surface area contributed by atoms with Crippen molar-refractivity contribution >= 4 is 22.7 Å². The largest absolute Gasteiger partial charge is 0.450 e. The second-order valence-corrected chi connectivity index (χ2v) is 12.8. The molecule has 1 aromatic rings. The Hall–Kier alpha value is -0.690. The predicted molar refractivity (Wildman–Crippen MR) is 132 cm³/mol. The monoisotopic (exact) mass is 516 g/mol. The Balaban J connectivity index is 1.89. The molecule has 1 aromatic carbocycles. The standard InChI is InChI=1S/C24H38O8P2/c1-6-13(2)19-20(31-23-15(4)14(3)18(26)17(12-25)28-23)21(24(30-19)32-34(5)33)29-22(27)16-10-8-7-9-11-16/h7-11,13-15,17-21,23-26H,6,12,33H2,1-5H3/t13-,14-,15?,17?,18-,19+,20?,21+,23-,24+,34?/m1/s1. The normalized spacial score (nSPS) is 37.8. The summed E-state index contributed by atoms with van der Waals surface area (Å²) in [7, 11) is 1.74. The molecule has 2 aliphatic rings. The van der Waals surface area contributed by atoms with Gasteiger partial charge in [-0.05, 0) is 30.6 Å². The molecule has 3 rings (SSSR count). The molecule has 2 N–H and O–H groups in total. The zero-order valence-electron chi connectivity index (χ0n) is 20.4. The molecule has 192 valence electrons. The van der Waals surface area contributed by atoms with Crippen LogP contribution in [-0.4, -0.2) is 72.6 Å². The maximum absolute atomic E-state index is 13.0. The summed E-state index contributed by atoms with van der Waals surface area (Å²) in [5.74, 6) is -0.710. The van der Waals surface area contributed by atoms with Crippen LogP contribution < -0.4 is 0 Å². The number of hydrogen-bond donors (Lipinski definition) is 2. The van der Waals surface area contributed by atoms with Gasteiger partial charge in [0, 0.05) is 13.8 Å². The number of benzene rings is 1. The molecule has 0 radical (unpaired) electrons. The topological polar surface area (TPSA) is 104 Å². The van der Waals surface area contributed by atoms with Crippen molar-refractivity contribution in [2.75, 3.05) is 13.3 Å². The third-order valence-corrected chi connectivity index (χ3v) is 7.80. The van der Waals surface area contributed by atoms with E-state index >= 15 is 0 Å². The van der Waals surface area contributed by atoms with E-state index < -0.39 is 56.9 Å². The maximum Gasteiger partial charge on any atom is 0.338 e. The molecule has 2 aliphatic heterocycles. The van der Waals surface area contributed by atoms with Crippen LogP contribution in [0.3, 0.4) is 0 Å². The smallest absolute Gasteiger partial charge is 0.338 e. The number of carbonyl (C=O) groups excluding carboxylic acids is 1. The Kier molecular flexibility index (Phi) is 10.3. The van der Waals surface area contributed by atoms with Gasteiger partial charge >= 0.3 is 5.97 Å². The molecule has 2 fully saturated rings. The Morgan fingerprint density at radius 3 is 2.41 bits per heavy atom. The Morgan fingerprint density at radius 2 is 1.82 bits per heavy atom. The quantitative estimate of drug-likeness (QED) is 0.380. The SMILES string of the molecule is CC[C@@H](C)[C@@H]1O[C@@H](OP(C)P)[C@@H](OC(=O)c2ccccc2)C1O[C@H]1OC(CO)[C@H](O)[C@H](C)C1C. The molecule has 10 heteroatoms. The molecule has 8 nitrogen and oxygen atoms in total. The molecule has 2 saturated heterocycles. The van der Waals surface area contributed by atoms with Crippen LogP contribution in [0.1, 0.15) is 44.5 Å². The highest BCUT2D eigenvalue weighted by Crippen LogP contribution is 2.47. The lowest BCUT2D eigenvalue weighted by atomic mass is 9.84. The summed E-state index contributed by atoms with van der Waals surface area (Å²) in [5, 5.41) is 20.2. The van der Waals surface area contributed by atoms with Crippen LogP contribution in [0.4, 0.5) is 0 Å². The van der Waals surface area contributed by atoms with E-state index in [1.807, 2.05) is 26.6 Å². The molecule has 0 aliphatic carbocycles. The summed E-state index contributed by atoms with van der Waals surface area (Å²) >= 11 is 0. The molecular weight excluding hydrogens is 478 g/mol. The third kappa shape index (κ3) is 6.35. The van der Waals surface area contributed by atoms with Crippen molar-refractivity contribution in [2.45, 2.75) is 77.2 Å². The van der Waals surface area contributed by atoms with Crippen LogP contribution in [-0.2, 0) is 23.5 Å². The first kappa shape index (κ1) is 27.9. The van der Waals surface area contributed by atoms with Crippen molar-refractivity contribution in [3.05, 3.63) is 35.9 Å². The van der Waals surface area contributed by atoms with Crippen LogP contribution in [0.25, 0.3) is 0 Å². The van der Waals surface area contributed by atoms with Crippen molar-refractivity contribution in [1.29, 1.82) is 0 Å². The fraction of sp³-hybridized carbons (Fsp3) is 0.708. The highest BCUT2D eigenvalue weighted by Gasteiger charge is 2.53. The van der Waals surface area contributed by atoms with E-state index in [9.17, 15) is 15.0 Å². The first-order valence-electron chi connectivity index (χ1n) is 11.8. The lowest BCUT2D eigenvalue weighted by Crippen LogP contribution is -2.54. The zero-order chi connectivity index (χ0) is 25.0. The van der Waals surface area contributed by atoms with Gasteiger partial charge in [0.2, 0.25) is 6.29 Å². The molecule has 0 aromatic heterocycles. The molecule has 0 bridgehead atoms. The van der Waals surface area contributed by atoms with Crippen molar-refractivity contribution < 1.29 is 38.5 Å². The molecule has 12 atom stereocenters. The minimum absolute atomic E-state index is 0.0969. The number of carbonyl (C=O) groups is 1. The van der Waals surface area contributed by atoms with E-state index in [0.717, 1.165) is 6.42 Å².